The van der Waals surface area contributed by atoms with Crippen molar-refractivity contribution >= 4 is 0 Å². The molecule has 0 atom stereocenters. The summed E-state index contributed by atoms with van der Waals surface area (Å²) in [6.45, 7) is 2.31. The molecule has 5 heteroatoms. The first kappa shape index (κ1) is 11.6. The van der Waals surface area contributed by atoms with Crippen molar-refractivity contribution in [3.05, 3.63) is 47.1 Å². The Morgan fingerprint density at radius 1 is 1.35 bits per heavy atom. The second-order valence-electron chi connectivity index (χ2n) is 3.72. The third-order valence-corrected chi connectivity index (χ3v) is 2.22. The number of rotatable bonds is 4. The lowest BCUT2D eigenvalue weighted by Gasteiger charge is -2.05. The molecule has 0 spiro atoms. The summed E-state index contributed by atoms with van der Waals surface area (Å²) in [5.74, 6) is 0.664. The summed E-state index contributed by atoms with van der Waals surface area (Å²) in [6.07, 6.45) is 0. The van der Waals surface area contributed by atoms with Crippen LogP contribution < -0.4 is 10.5 Å². The molecule has 0 amide bonds. The fourth-order valence-electron chi connectivity index (χ4n) is 1.46. The van der Waals surface area contributed by atoms with Crippen LogP contribution in [0.4, 0.5) is 4.39 Å². The van der Waals surface area contributed by atoms with Gasteiger partial charge in [-0.15, -0.1) is 0 Å². The van der Waals surface area contributed by atoms with E-state index in [-0.39, 0.29) is 19.0 Å². The molecule has 0 saturated carbocycles. The summed E-state index contributed by atoms with van der Waals surface area (Å²) in [4.78, 5) is 0. The van der Waals surface area contributed by atoms with Gasteiger partial charge < -0.3 is 15.0 Å². The largest absolute Gasteiger partial charge is 0.485 e. The summed E-state index contributed by atoms with van der Waals surface area (Å²) < 4.78 is 23.6. The summed E-state index contributed by atoms with van der Waals surface area (Å²) in [6, 6.07) is 6.16. The Kier molecular flexibility index (Phi) is 3.39. The standard InChI is InChI=1S/C12H13FN2O2/c1-8-2-12(17-15-8)7-16-11-4-9(6-14)3-10(13)5-11/h2-5H,6-7,14H2,1H3. The minimum absolute atomic E-state index is 0.217. The van der Waals surface area contributed by atoms with Gasteiger partial charge in [0.25, 0.3) is 0 Å². The molecule has 0 saturated heterocycles. The average Bonchev–Trinajstić information content (AvgIpc) is 2.72. The van der Waals surface area contributed by atoms with Gasteiger partial charge in [0.05, 0.1) is 5.69 Å². The van der Waals surface area contributed by atoms with Crippen LogP contribution in [0.25, 0.3) is 0 Å². The van der Waals surface area contributed by atoms with Crippen LogP contribution in [-0.2, 0) is 13.2 Å². The molecule has 2 aromatic rings. The highest BCUT2D eigenvalue weighted by atomic mass is 19.1. The van der Waals surface area contributed by atoms with Crippen LogP contribution in [0.2, 0.25) is 0 Å². The zero-order valence-corrected chi connectivity index (χ0v) is 9.44. The molecule has 0 aliphatic heterocycles. The maximum absolute atomic E-state index is 13.2. The molecule has 1 aromatic carbocycles. The predicted molar refractivity (Wildman–Crippen MR) is 59.9 cm³/mol. The maximum atomic E-state index is 13.2. The summed E-state index contributed by atoms with van der Waals surface area (Å²) in [7, 11) is 0. The van der Waals surface area contributed by atoms with E-state index in [0.29, 0.717) is 17.1 Å². The molecule has 17 heavy (non-hydrogen) atoms. The van der Waals surface area contributed by atoms with E-state index < -0.39 is 0 Å². The fourth-order valence-corrected chi connectivity index (χ4v) is 1.46. The number of aromatic nitrogens is 1. The average molecular weight is 236 g/mol. The first-order valence-corrected chi connectivity index (χ1v) is 5.22. The Morgan fingerprint density at radius 2 is 2.18 bits per heavy atom. The second-order valence-corrected chi connectivity index (χ2v) is 3.72. The van der Waals surface area contributed by atoms with Crippen molar-refractivity contribution < 1.29 is 13.7 Å². The number of nitrogens with two attached hydrogens (primary N) is 1. The highest BCUT2D eigenvalue weighted by Gasteiger charge is 2.04. The lowest BCUT2D eigenvalue weighted by Crippen LogP contribution is -1.99. The van der Waals surface area contributed by atoms with E-state index >= 15 is 0 Å². The summed E-state index contributed by atoms with van der Waals surface area (Å²) >= 11 is 0. The van der Waals surface area contributed by atoms with E-state index in [4.69, 9.17) is 15.0 Å². The second kappa shape index (κ2) is 4.97. The van der Waals surface area contributed by atoms with Gasteiger partial charge in [0.1, 0.15) is 18.2 Å². The van der Waals surface area contributed by atoms with Gasteiger partial charge in [0.15, 0.2) is 5.76 Å². The molecule has 0 fully saturated rings. The van der Waals surface area contributed by atoms with Crippen molar-refractivity contribution in [1.29, 1.82) is 0 Å². The normalized spacial score (nSPS) is 10.5. The summed E-state index contributed by atoms with van der Waals surface area (Å²) in [5, 5.41) is 3.73. The van der Waals surface area contributed by atoms with E-state index in [1.165, 1.54) is 12.1 Å². The van der Waals surface area contributed by atoms with Crippen molar-refractivity contribution in [3.63, 3.8) is 0 Å². The van der Waals surface area contributed by atoms with E-state index in [0.717, 1.165) is 5.69 Å². The molecule has 4 nitrogen and oxygen atoms in total. The predicted octanol–water partition coefficient (Wildman–Crippen LogP) is 2.16. The Bertz CT molecular complexity index is 511. The van der Waals surface area contributed by atoms with Crippen LogP contribution in [0.15, 0.2) is 28.8 Å². The third kappa shape index (κ3) is 3.04. The van der Waals surface area contributed by atoms with Crippen LogP contribution in [0, 0.1) is 12.7 Å². The minimum atomic E-state index is -0.364. The van der Waals surface area contributed by atoms with Crippen molar-refractivity contribution in [2.75, 3.05) is 0 Å². The monoisotopic (exact) mass is 236 g/mol. The number of nitrogens with zero attached hydrogens (tertiary/aromatic N) is 1. The lowest BCUT2D eigenvalue weighted by atomic mass is 10.2. The smallest absolute Gasteiger partial charge is 0.174 e. The van der Waals surface area contributed by atoms with Crippen LogP contribution in [0.3, 0.4) is 0 Å². The van der Waals surface area contributed by atoms with Crippen molar-refractivity contribution in [3.8, 4) is 5.75 Å². The molecule has 0 bridgehead atoms. The number of halogens is 1. The Hall–Kier alpha value is -1.88. The van der Waals surface area contributed by atoms with Crippen LogP contribution in [-0.4, -0.2) is 5.16 Å². The quantitative estimate of drug-likeness (QED) is 0.883. The number of aryl methyl sites for hydroxylation is 1. The molecule has 0 unspecified atom stereocenters. The van der Waals surface area contributed by atoms with Crippen LogP contribution in [0.1, 0.15) is 17.0 Å². The van der Waals surface area contributed by atoms with Gasteiger partial charge in [-0.2, -0.15) is 0 Å². The van der Waals surface area contributed by atoms with E-state index in [1.54, 1.807) is 12.1 Å². The summed E-state index contributed by atoms with van der Waals surface area (Å²) in [5.41, 5.74) is 6.92. The third-order valence-electron chi connectivity index (χ3n) is 2.22. The van der Waals surface area contributed by atoms with Gasteiger partial charge in [-0.3, -0.25) is 0 Å². The molecule has 1 aromatic heterocycles. The Morgan fingerprint density at radius 3 is 2.82 bits per heavy atom. The molecule has 1 heterocycles. The molecule has 90 valence electrons. The lowest BCUT2D eigenvalue weighted by molar-refractivity contribution is 0.248. The molecule has 0 aliphatic rings. The Labute approximate surface area is 98.2 Å². The first-order valence-electron chi connectivity index (χ1n) is 5.22. The van der Waals surface area contributed by atoms with Gasteiger partial charge >= 0.3 is 0 Å². The van der Waals surface area contributed by atoms with Gasteiger partial charge in [-0.05, 0) is 24.6 Å². The highest BCUT2D eigenvalue weighted by molar-refractivity contribution is 5.29. The fraction of sp³-hybridized carbons (Fsp3) is 0.250. The van der Waals surface area contributed by atoms with Crippen molar-refractivity contribution in [2.24, 2.45) is 5.73 Å². The molecular formula is C12H13FN2O2. The highest BCUT2D eigenvalue weighted by Crippen LogP contribution is 2.17. The van der Waals surface area contributed by atoms with Crippen molar-refractivity contribution in [2.45, 2.75) is 20.1 Å². The zero-order valence-electron chi connectivity index (χ0n) is 9.44. The van der Waals surface area contributed by atoms with E-state index in [1.807, 2.05) is 6.92 Å². The molecule has 0 aliphatic carbocycles. The number of hydrogen-bond acceptors (Lipinski definition) is 4. The molecule has 0 radical (unpaired) electrons. The number of benzene rings is 1. The van der Waals surface area contributed by atoms with Gasteiger partial charge in [0, 0.05) is 18.7 Å². The molecule has 2 rings (SSSR count). The zero-order chi connectivity index (χ0) is 12.3. The first-order chi connectivity index (χ1) is 8.17. The van der Waals surface area contributed by atoms with Gasteiger partial charge in [-0.25, -0.2) is 4.39 Å². The maximum Gasteiger partial charge on any atom is 0.174 e. The minimum Gasteiger partial charge on any atom is -0.485 e. The Balaban J connectivity index is 2.05. The van der Waals surface area contributed by atoms with Gasteiger partial charge in [0.2, 0.25) is 0 Å². The SMILES string of the molecule is Cc1cc(COc2cc(F)cc(CN)c2)on1. The molecular weight excluding hydrogens is 223 g/mol. The molecule has 2 N–H and O–H groups in total. The number of ether oxygens (including phenoxy) is 1. The van der Waals surface area contributed by atoms with E-state index in [9.17, 15) is 4.39 Å². The van der Waals surface area contributed by atoms with Crippen LogP contribution >= 0.6 is 0 Å². The van der Waals surface area contributed by atoms with E-state index in [2.05, 4.69) is 5.16 Å². The number of hydrogen-bond donors (Lipinski definition) is 1. The van der Waals surface area contributed by atoms with Crippen molar-refractivity contribution in [1.82, 2.24) is 5.16 Å². The topological polar surface area (TPSA) is 61.3 Å². The van der Waals surface area contributed by atoms with Crippen LogP contribution in [0.5, 0.6) is 5.75 Å². The van der Waals surface area contributed by atoms with Gasteiger partial charge in [-0.1, -0.05) is 5.16 Å².